The van der Waals surface area contributed by atoms with Crippen LogP contribution in [0.1, 0.15) is 31.7 Å². The third kappa shape index (κ3) is 2.09. The van der Waals surface area contributed by atoms with Crippen molar-refractivity contribution in [3.8, 4) is 0 Å². The number of aromatic nitrogens is 3. The highest BCUT2D eigenvalue weighted by molar-refractivity contribution is 5.85. The van der Waals surface area contributed by atoms with Crippen molar-refractivity contribution in [1.82, 2.24) is 15.2 Å². The van der Waals surface area contributed by atoms with Crippen LogP contribution in [0.15, 0.2) is 12.3 Å². The number of H-pyrrole nitrogens is 1. The molecule has 0 saturated carbocycles. The molecule has 2 rings (SSSR count). The van der Waals surface area contributed by atoms with Gasteiger partial charge in [0.05, 0.1) is 5.39 Å². The number of nitrogens with zero attached hydrogens (tertiary/aromatic N) is 2. The van der Waals surface area contributed by atoms with Crippen LogP contribution in [0.5, 0.6) is 0 Å². The van der Waals surface area contributed by atoms with E-state index in [-0.39, 0.29) is 0 Å². The summed E-state index contributed by atoms with van der Waals surface area (Å²) in [5.41, 5.74) is 7.68. The Hall–Kier alpha value is -1.58. The van der Waals surface area contributed by atoms with E-state index in [0.29, 0.717) is 11.5 Å². The quantitative estimate of drug-likeness (QED) is 0.751. The molecular formula is C11H16N4. The molecule has 4 heteroatoms. The second-order valence-electron chi connectivity index (χ2n) is 3.81. The largest absolute Gasteiger partial charge is 0.384 e. The number of nitrogen functional groups attached to an aromatic ring is 1. The van der Waals surface area contributed by atoms with E-state index in [1.54, 1.807) is 0 Å². The summed E-state index contributed by atoms with van der Waals surface area (Å²) in [7, 11) is 0. The minimum atomic E-state index is 0.606. The van der Waals surface area contributed by atoms with E-state index in [4.69, 9.17) is 5.73 Å². The van der Waals surface area contributed by atoms with Crippen LogP contribution in [0.4, 0.5) is 5.82 Å². The number of rotatable bonds is 4. The molecule has 0 radical (unpaired) electrons. The summed E-state index contributed by atoms with van der Waals surface area (Å²) >= 11 is 0. The van der Waals surface area contributed by atoms with E-state index in [2.05, 4.69) is 28.2 Å². The number of hydrogen-bond donors (Lipinski definition) is 2. The zero-order chi connectivity index (χ0) is 10.7. The van der Waals surface area contributed by atoms with Gasteiger partial charge in [0.15, 0.2) is 5.65 Å². The normalized spacial score (nSPS) is 11.0. The predicted octanol–water partition coefficient (Wildman–Crippen LogP) is 2.27. The topological polar surface area (TPSA) is 67.6 Å². The molecule has 0 aliphatic heterocycles. The van der Waals surface area contributed by atoms with E-state index in [1.807, 2.05) is 6.20 Å². The number of anilines is 1. The fraction of sp³-hybridized carbons (Fsp3) is 0.455. The minimum Gasteiger partial charge on any atom is -0.384 e. The second-order valence-corrected chi connectivity index (χ2v) is 3.81. The van der Waals surface area contributed by atoms with Gasteiger partial charge in [0.2, 0.25) is 0 Å². The number of nitrogens with two attached hydrogens (primary N) is 1. The van der Waals surface area contributed by atoms with Crippen LogP contribution in [0.3, 0.4) is 0 Å². The summed E-state index contributed by atoms with van der Waals surface area (Å²) in [4.78, 5) is 4.26. The van der Waals surface area contributed by atoms with E-state index in [9.17, 15) is 0 Å². The Balaban J connectivity index is 2.18. The highest BCUT2D eigenvalue weighted by Gasteiger charge is 2.03. The van der Waals surface area contributed by atoms with Gasteiger partial charge >= 0.3 is 0 Å². The van der Waals surface area contributed by atoms with Crippen molar-refractivity contribution in [3.63, 3.8) is 0 Å². The molecule has 0 amide bonds. The van der Waals surface area contributed by atoms with Crippen molar-refractivity contribution in [3.05, 3.63) is 17.8 Å². The number of aromatic amines is 1. The van der Waals surface area contributed by atoms with Crippen molar-refractivity contribution >= 4 is 16.9 Å². The molecule has 0 aliphatic rings. The van der Waals surface area contributed by atoms with Crippen molar-refractivity contribution in [2.75, 3.05) is 5.73 Å². The maximum atomic E-state index is 5.74. The molecule has 3 N–H and O–H groups in total. The van der Waals surface area contributed by atoms with Gasteiger partial charge in [0, 0.05) is 6.20 Å². The summed E-state index contributed by atoms with van der Waals surface area (Å²) in [6.07, 6.45) is 6.67. The third-order valence-electron chi connectivity index (χ3n) is 2.56. The molecule has 0 saturated heterocycles. The zero-order valence-corrected chi connectivity index (χ0v) is 8.95. The first-order valence-electron chi connectivity index (χ1n) is 5.39. The highest BCUT2D eigenvalue weighted by Crippen LogP contribution is 2.17. The molecule has 0 aliphatic carbocycles. The lowest BCUT2D eigenvalue weighted by atomic mass is 10.1. The predicted molar refractivity (Wildman–Crippen MR) is 61.5 cm³/mol. The standard InChI is InChI=1S/C11H16N4/c1-2-3-4-5-8-6-9-10(12)14-15-11(9)13-7-8/h6-7H,2-5H2,1H3,(H3,12,13,14,15). The van der Waals surface area contributed by atoms with Gasteiger partial charge in [0.25, 0.3) is 0 Å². The second kappa shape index (κ2) is 4.29. The van der Waals surface area contributed by atoms with Crippen molar-refractivity contribution in [2.24, 2.45) is 0 Å². The first kappa shape index (κ1) is 9.96. The number of pyridine rings is 1. The lowest BCUT2D eigenvalue weighted by molar-refractivity contribution is 0.716. The van der Waals surface area contributed by atoms with Gasteiger partial charge in [0.1, 0.15) is 5.82 Å². The Morgan fingerprint density at radius 3 is 3.07 bits per heavy atom. The SMILES string of the molecule is CCCCCc1cnc2n[nH]c(N)c2c1. The first-order valence-corrected chi connectivity index (χ1v) is 5.39. The van der Waals surface area contributed by atoms with Crippen LogP contribution >= 0.6 is 0 Å². The number of nitrogens with one attached hydrogen (secondary N) is 1. The van der Waals surface area contributed by atoms with E-state index < -0.39 is 0 Å². The van der Waals surface area contributed by atoms with Crippen LogP contribution in [0, 0.1) is 0 Å². The third-order valence-corrected chi connectivity index (χ3v) is 2.56. The van der Waals surface area contributed by atoms with Crippen molar-refractivity contribution in [2.45, 2.75) is 32.6 Å². The fourth-order valence-corrected chi connectivity index (χ4v) is 1.68. The molecule has 0 fully saturated rings. The molecule has 2 aromatic rings. The molecule has 0 unspecified atom stereocenters. The molecule has 2 heterocycles. The number of hydrogen-bond acceptors (Lipinski definition) is 3. The van der Waals surface area contributed by atoms with Gasteiger partial charge in [-0.05, 0) is 24.5 Å². The van der Waals surface area contributed by atoms with E-state index in [1.165, 1.54) is 24.8 Å². The van der Waals surface area contributed by atoms with Gasteiger partial charge < -0.3 is 5.73 Å². The minimum absolute atomic E-state index is 0.606. The molecule has 15 heavy (non-hydrogen) atoms. The summed E-state index contributed by atoms with van der Waals surface area (Å²) in [6, 6.07) is 2.08. The number of aryl methyl sites for hydroxylation is 1. The maximum Gasteiger partial charge on any atom is 0.183 e. The smallest absolute Gasteiger partial charge is 0.183 e. The first-order chi connectivity index (χ1) is 7.31. The Kier molecular flexibility index (Phi) is 2.85. The fourth-order valence-electron chi connectivity index (χ4n) is 1.68. The van der Waals surface area contributed by atoms with Gasteiger partial charge in [-0.3, -0.25) is 5.10 Å². The Labute approximate surface area is 88.9 Å². The Morgan fingerprint density at radius 1 is 1.40 bits per heavy atom. The van der Waals surface area contributed by atoms with Crippen LogP contribution in [-0.4, -0.2) is 15.2 Å². The average molecular weight is 204 g/mol. The maximum absolute atomic E-state index is 5.74. The van der Waals surface area contributed by atoms with Gasteiger partial charge in [-0.25, -0.2) is 4.98 Å². The van der Waals surface area contributed by atoms with E-state index in [0.717, 1.165) is 11.8 Å². The van der Waals surface area contributed by atoms with Crippen LogP contribution in [0.2, 0.25) is 0 Å². The monoisotopic (exact) mass is 204 g/mol. The highest BCUT2D eigenvalue weighted by atomic mass is 15.2. The summed E-state index contributed by atoms with van der Waals surface area (Å²) in [5.74, 6) is 0.606. The Morgan fingerprint density at radius 2 is 2.27 bits per heavy atom. The molecule has 0 spiro atoms. The molecule has 80 valence electrons. The van der Waals surface area contributed by atoms with E-state index >= 15 is 0 Å². The van der Waals surface area contributed by atoms with Crippen molar-refractivity contribution < 1.29 is 0 Å². The van der Waals surface area contributed by atoms with Crippen molar-refractivity contribution in [1.29, 1.82) is 0 Å². The van der Waals surface area contributed by atoms with Gasteiger partial charge in [-0.2, -0.15) is 5.10 Å². The summed E-state index contributed by atoms with van der Waals surface area (Å²) in [5, 5.41) is 7.67. The number of unbranched alkanes of at least 4 members (excludes halogenated alkanes) is 2. The van der Waals surface area contributed by atoms with Crippen LogP contribution in [-0.2, 0) is 6.42 Å². The lowest BCUT2D eigenvalue weighted by Gasteiger charge is -1.99. The Bertz CT molecular complexity index is 447. The van der Waals surface area contributed by atoms with Crippen LogP contribution in [0.25, 0.3) is 11.0 Å². The molecule has 0 atom stereocenters. The van der Waals surface area contributed by atoms with Gasteiger partial charge in [-0.15, -0.1) is 0 Å². The zero-order valence-electron chi connectivity index (χ0n) is 8.95. The summed E-state index contributed by atoms with van der Waals surface area (Å²) < 4.78 is 0. The lowest BCUT2D eigenvalue weighted by Crippen LogP contribution is -1.89. The molecule has 0 aromatic carbocycles. The molecule has 4 nitrogen and oxygen atoms in total. The molecule has 2 aromatic heterocycles. The number of fused-ring (bicyclic) bond motifs is 1. The van der Waals surface area contributed by atoms with Crippen LogP contribution < -0.4 is 5.73 Å². The molecular weight excluding hydrogens is 188 g/mol. The summed E-state index contributed by atoms with van der Waals surface area (Å²) in [6.45, 7) is 2.20. The van der Waals surface area contributed by atoms with Gasteiger partial charge in [-0.1, -0.05) is 19.8 Å². The average Bonchev–Trinajstić information content (AvgIpc) is 2.61. The molecule has 0 bridgehead atoms.